The van der Waals surface area contributed by atoms with Crippen LogP contribution in [-0.4, -0.2) is 18.7 Å². The highest BCUT2D eigenvalue weighted by Gasteiger charge is 2.05. The van der Waals surface area contributed by atoms with Gasteiger partial charge < -0.3 is 9.47 Å². The van der Waals surface area contributed by atoms with Gasteiger partial charge in [0.2, 0.25) is 6.79 Å². The molecule has 1 aliphatic heterocycles. The van der Waals surface area contributed by atoms with E-state index >= 15 is 0 Å². The zero-order chi connectivity index (χ0) is 6.69. The number of carbonyl (C=O) groups is 2. The van der Waals surface area contributed by atoms with E-state index < -0.39 is 11.9 Å². The fourth-order valence-electron chi connectivity index (χ4n) is 0.378. The first-order valence-corrected chi connectivity index (χ1v) is 2.30. The summed E-state index contributed by atoms with van der Waals surface area (Å²) in [4.78, 5) is 20.6. The Labute approximate surface area is 51.1 Å². The van der Waals surface area contributed by atoms with Crippen LogP contribution in [0.4, 0.5) is 0 Å². The summed E-state index contributed by atoms with van der Waals surface area (Å²) in [5.74, 6) is -1.11. The lowest BCUT2D eigenvalue weighted by Crippen LogP contribution is -2.03. The minimum Gasteiger partial charge on any atom is -0.425 e. The van der Waals surface area contributed by atoms with Gasteiger partial charge in [-0.1, -0.05) is 0 Å². The Bertz CT molecular complexity index is 152. The van der Waals surface area contributed by atoms with Crippen molar-refractivity contribution >= 4 is 11.9 Å². The molecule has 0 fully saturated rings. The third-order valence-electron chi connectivity index (χ3n) is 0.758. The van der Waals surface area contributed by atoms with Gasteiger partial charge in [0, 0.05) is 12.2 Å². The predicted octanol–water partition coefficient (Wildman–Crippen LogP) is -0.400. The number of cyclic esters (lactones) is 2. The number of hydrogen-bond acceptors (Lipinski definition) is 4. The second-order valence-electron chi connectivity index (χ2n) is 1.38. The van der Waals surface area contributed by atoms with Gasteiger partial charge in [-0.25, -0.2) is 9.59 Å². The average molecular weight is 128 g/mol. The number of ether oxygens (including phenoxy) is 2. The van der Waals surface area contributed by atoms with Crippen LogP contribution in [0.25, 0.3) is 0 Å². The molecule has 0 aliphatic carbocycles. The highest BCUT2D eigenvalue weighted by atomic mass is 16.7. The van der Waals surface area contributed by atoms with Crippen molar-refractivity contribution in [1.82, 2.24) is 0 Å². The topological polar surface area (TPSA) is 52.6 Å². The van der Waals surface area contributed by atoms with E-state index in [1.54, 1.807) is 0 Å². The first kappa shape index (κ1) is 5.81. The van der Waals surface area contributed by atoms with Gasteiger partial charge in [0.1, 0.15) is 0 Å². The van der Waals surface area contributed by atoms with E-state index in [0.29, 0.717) is 0 Å². The normalized spacial score (nSPS) is 18.2. The van der Waals surface area contributed by atoms with Crippen molar-refractivity contribution in [3.05, 3.63) is 12.2 Å². The quantitative estimate of drug-likeness (QED) is 0.416. The second-order valence-corrected chi connectivity index (χ2v) is 1.38. The fraction of sp³-hybridized carbons (Fsp3) is 0.200. The Morgan fingerprint density at radius 3 is 2.00 bits per heavy atom. The summed E-state index contributed by atoms with van der Waals surface area (Å²) in [6, 6.07) is 0. The van der Waals surface area contributed by atoms with Gasteiger partial charge in [-0.2, -0.15) is 0 Å². The molecule has 4 heteroatoms. The zero-order valence-corrected chi connectivity index (χ0v) is 4.49. The molecule has 9 heavy (non-hydrogen) atoms. The summed E-state index contributed by atoms with van der Waals surface area (Å²) >= 11 is 0. The molecule has 0 aromatic heterocycles. The van der Waals surface area contributed by atoms with E-state index in [9.17, 15) is 9.59 Å². The predicted molar refractivity (Wildman–Crippen MR) is 26.2 cm³/mol. The lowest BCUT2D eigenvalue weighted by Gasteiger charge is -1.95. The van der Waals surface area contributed by atoms with Crippen molar-refractivity contribution in [2.45, 2.75) is 0 Å². The number of rotatable bonds is 0. The van der Waals surface area contributed by atoms with Crippen molar-refractivity contribution in [3.8, 4) is 0 Å². The van der Waals surface area contributed by atoms with Gasteiger partial charge in [-0.05, 0) is 0 Å². The van der Waals surface area contributed by atoms with Gasteiger partial charge in [0.15, 0.2) is 0 Å². The first-order valence-electron chi connectivity index (χ1n) is 2.30. The van der Waals surface area contributed by atoms with Gasteiger partial charge in [-0.3, -0.25) is 0 Å². The Morgan fingerprint density at radius 1 is 1.11 bits per heavy atom. The van der Waals surface area contributed by atoms with E-state index in [-0.39, 0.29) is 6.79 Å². The SMILES string of the molecule is O=C1C=CC(=O)OCO1. The van der Waals surface area contributed by atoms with Crippen LogP contribution < -0.4 is 0 Å². The van der Waals surface area contributed by atoms with Gasteiger partial charge in [0.25, 0.3) is 0 Å². The van der Waals surface area contributed by atoms with Crippen LogP contribution in [0, 0.1) is 0 Å². The maximum absolute atomic E-state index is 10.3. The number of esters is 2. The molecule has 0 saturated heterocycles. The van der Waals surface area contributed by atoms with E-state index in [1.165, 1.54) is 0 Å². The van der Waals surface area contributed by atoms with Gasteiger partial charge in [0.05, 0.1) is 0 Å². The van der Waals surface area contributed by atoms with Crippen LogP contribution in [0.1, 0.15) is 0 Å². The maximum atomic E-state index is 10.3. The van der Waals surface area contributed by atoms with E-state index in [1.807, 2.05) is 0 Å². The lowest BCUT2D eigenvalue weighted by atomic mass is 10.5. The number of hydrogen-bond donors (Lipinski definition) is 0. The average Bonchev–Trinajstić information content (AvgIpc) is 1.97. The Kier molecular flexibility index (Phi) is 1.48. The third-order valence-corrected chi connectivity index (χ3v) is 0.758. The summed E-state index contributed by atoms with van der Waals surface area (Å²) in [6.45, 7) is -0.287. The molecule has 0 bridgehead atoms. The molecule has 1 heterocycles. The van der Waals surface area contributed by atoms with Crippen LogP contribution >= 0.6 is 0 Å². The molecule has 0 spiro atoms. The smallest absolute Gasteiger partial charge is 0.333 e. The van der Waals surface area contributed by atoms with E-state index in [2.05, 4.69) is 9.47 Å². The minimum absolute atomic E-state index is 0.287. The van der Waals surface area contributed by atoms with E-state index in [0.717, 1.165) is 12.2 Å². The Balaban J connectivity index is 2.63. The summed E-state index contributed by atoms with van der Waals surface area (Å²) in [7, 11) is 0. The highest BCUT2D eigenvalue weighted by molar-refractivity contribution is 5.92. The molecule has 48 valence electrons. The van der Waals surface area contributed by atoms with Crippen LogP contribution in [0.5, 0.6) is 0 Å². The van der Waals surface area contributed by atoms with Gasteiger partial charge in [-0.15, -0.1) is 0 Å². The highest BCUT2D eigenvalue weighted by Crippen LogP contribution is 1.91. The first-order chi connectivity index (χ1) is 4.29. The number of carbonyl (C=O) groups excluding carboxylic acids is 2. The van der Waals surface area contributed by atoms with Crippen molar-refractivity contribution in [3.63, 3.8) is 0 Å². The largest absolute Gasteiger partial charge is 0.425 e. The van der Waals surface area contributed by atoms with Crippen LogP contribution in [0.3, 0.4) is 0 Å². The Morgan fingerprint density at radius 2 is 1.56 bits per heavy atom. The molecular weight excluding hydrogens is 124 g/mol. The molecule has 0 N–H and O–H groups in total. The summed E-state index contributed by atoms with van der Waals surface area (Å²) in [5.41, 5.74) is 0. The van der Waals surface area contributed by atoms with Crippen LogP contribution in [-0.2, 0) is 19.1 Å². The van der Waals surface area contributed by atoms with Gasteiger partial charge >= 0.3 is 11.9 Å². The molecule has 0 aromatic rings. The van der Waals surface area contributed by atoms with Crippen molar-refractivity contribution in [2.24, 2.45) is 0 Å². The molecule has 0 saturated carbocycles. The zero-order valence-electron chi connectivity index (χ0n) is 4.49. The molecule has 0 amide bonds. The summed E-state index contributed by atoms with van der Waals surface area (Å²) < 4.78 is 8.61. The van der Waals surface area contributed by atoms with Crippen LogP contribution in [0.2, 0.25) is 0 Å². The lowest BCUT2D eigenvalue weighted by molar-refractivity contribution is -0.157. The minimum atomic E-state index is -0.555. The second kappa shape index (κ2) is 2.30. The molecule has 1 aliphatic rings. The maximum Gasteiger partial charge on any atom is 0.333 e. The molecule has 0 unspecified atom stereocenters. The van der Waals surface area contributed by atoms with E-state index in [4.69, 9.17) is 0 Å². The van der Waals surface area contributed by atoms with Crippen molar-refractivity contribution < 1.29 is 19.1 Å². The fourth-order valence-corrected chi connectivity index (χ4v) is 0.378. The third kappa shape index (κ3) is 1.56. The monoisotopic (exact) mass is 128 g/mol. The standard InChI is InChI=1S/C5H4O4/c6-4-1-2-5(7)9-3-8-4/h1-2H,3H2. The summed E-state index contributed by atoms with van der Waals surface area (Å²) in [6.07, 6.45) is 2.05. The van der Waals surface area contributed by atoms with Crippen LogP contribution in [0.15, 0.2) is 12.2 Å². The summed E-state index contributed by atoms with van der Waals surface area (Å²) in [5, 5.41) is 0. The molecular formula is C5H4O4. The molecule has 1 rings (SSSR count). The molecule has 0 atom stereocenters. The molecule has 4 nitrogen and oxygen atoms in total. The Hall–Kier alpha value is -1.32. The molecule has 0 aromatic carbocycles. The van der Waals surface area contributed by atoms with Crippen molar-refractivity contribution in [1.29, 1.82) is 0 Å². The van der Waals surface area contributed by atoms with Crippen molar-refractivity contribution in [2.75, 3.05) is 6.79 Å². The molecule has 0 radical (unpaired) electrons.